The summed E-state index contributed by atoms with van der Waals surface area (Å²) in [5, 5.41) is 0. The van der Waals surface area contributed by atoms with Crippen molar-refractivity contribution in [3.63, 3.8) is 0 Å². The lowest BCUT2D eigenvalue weighted by atomic mass is 9.63. The van der Waals surface area contributed by atoms with Crippen LogP contribution in [-0.4, -0.2) is 42.8 Å². The molecule has 1 heterocycles. The molecule has 2 rings (SSSR count). The summed E-state index contributed by atoms with van der Waals surface area (Å²) >= 11 is 0. The smallest absolute Gasteiger partial charge is 0.0702 e. The molecule has 1 aliphatic heterocycles. The van der Waals surface area contributed by atoms with Crippen molar-refractivity contribution >= 4 is 0 Å². The number of rotatable bonds is 4. The number of piperidine rings is 1. The Morgan fingerprint density at radius 1 is 1.30 bits per heavy atom. The van der Waals surface area contributed by atoms with Crippen LogP contribution in [0.15, 0.2) is 0 Å². The Kier molecular flexibility index (Phi) is 5.14. The number of nitrogens with zero attached hydrogens (tertiary/aromatic N) is 1. The highest BCUT2D eigenvalue weighted by atomic mass is 16.5. The Morgan fingerprint density at radius 3 is 2.65 bits per heavy atom. The standard InChI is InChI=1S/C17H34N2O/c1-5-20-15-7-6-10-19(12-15)17(13-18)9-8-16(3,4)11-14(17)2/h14-15H,5-13,18H2,1-4H3. The monoisotopic (exact) mass is 282 g/mol. The van der Waals surface area contributed by atoms with Crippen LogP contribution in [-0.2, 0) is 4.74 Å². The molecule has 0 amide bonds. The van der Waals surface area contributed by atoms with E-state index in [1.807, 2.05) is 0 Å². The van der Waals surface area contributed by atoms with Crippen LogP contribution in [0.2, 0.25) is 0 Å². The lowest BCUT2D eigenvalue weighted by Gasteiger charge is -2.55. The highest BCUT2D eigenvalue weighted by Crippen LogP contribution is 2.46. The molecule has 1 saturated heterocycles. The first-order valence-corrected chi connectivity index (χ1v) is 8.50. The van der Waals surface area contributed by atoms with Crippen LogP contribution >= 0.6 is 0 Å². The lowest BCUT2D eigenvalue weighted by Crippen LogP contribution is -2.63. The minimum atomic E-state index is 0.214. The summed E-state index contributed by atoms with van der Waals surface area (Å²) in [6.07, 6.45) is 6.72. The number of likely N-dealkylation sites (tertiary alicyclic amines) is 1. The summed E-state index contributed by atoms with van der Waals surface area (Å²) < 4.78 is 5.89. The Morgan fingerprint density at radius 2 is 2.05 bits per heavy atom. The van der Waals surface area contributed by atoms with E-state index in [1.54, 1.807) is 0 Å². The van der Waals surface area contributed by atoms with Gasteiger partial charge in [-0.2, -0.15) is 0 Å². The molecule has 3 heteroatoms. The highest BCUT2D eigenvalue weighted by molar-refractivity contribution is 5.03. The molecule has 2 fully saturated rings. The van der Waals surface area contributed by atoms with Crippen molar-refractivity contribution in [1.29, 1.82) is 0 Å². The zero-order valence-electron chi connectivity index (χ0n) is 14.0. The molecule has 0 aromatic heterocycles. The molecule has 1 aliphatic carbocycles. The van der Waals surface area contributed by atoms with Gasteiger partial charge in [-0.3, -0.25) is 4.90 Å². The fourth-order valence-corrected chi connectivity index (χ4v) is 4.54. The van der Waals surface area contributed by atoms with Gasteiger partial charge >= 0.3 is 0 Å². The van der Waals surface area contributed by atoms with E-state index in [1.165, 1.54) is 38.6 Å². The van der Waals surface area contributed by atoms with Crippen LogP contribution in [0.25, 0.3) is 0 Å². The van der Waals surface area contributed by atoms with Crippen LogP contribution in [0.5, 0.6) is 0 Å². The fraction of sp³-hybridized carbons (Fsp3) is 1.00. The Balaban J connectivity index is 2.10. The fourth-order valence-electron chi connectivity index (χ4n) is 4.54. The number of nitrogens with two attached hydrogens (primary N) is 1. The van der Waals surface area contributed by atoms with E-state index in [2.05, 4.69) is 32.6 Å². The normalized spacial score (nSPS) is 38.9. The summed E-state index contributed by atoms with van der Waals surface area (Å²) in [4.78, 5) is 2.68. The molecule has 0 bridgehead atoms. The molecule has 0 aromatic carbocycles. The third kappa shape index (κ3) is 3.20. The first-order chi connectivity index (χ1) is 9.43. The predicted octanol–water partition coefficient (Wildman–Crippen LogP) is 3.03. The molecule has 3 unspecified atom stereocenters. The molecule has 0 radical (unpaired) electrons. The number of hydrogen-bond acceptors (Lipinski definition) is 3. The van der Waals surface area contributed by atoms with Crippen molar-refractivity contribution in [1.82, 2.24) is 4.90 Å². The molecule has 3 nitrogen and oxygen atoms in total. The topological polar surface area (TPSA) is 38.5 Å². The van der Waals surface area contributed by atoms with E-state index >= 15 is 0 Å². The third-order valence-electron chi connectivity index (χ3n) is 5.77. The van der Waals surface area contributed by atoms with Gasteiger partial charge in [0.05, 0.1) is 6.10 Å². The van der Waals surface area contributed by atoms with Crippen molar-refractivity contribution in [2.45, 2.75) is 71.4 Å². The molecule has 2 N–H and O–H groups in total. The maximum atomic E-state index is 6.28. The quantitative estimate of drug-likeness (QED) is 0.861. The van der Waals surface area contributed by atoms with Crippen molar-refractivity contribution in [3.8, 4) is 0 Å². The van der Waals surface area contributed by atoms with E-state index in [0.717, 1.165) is 19.7 Å². The van der Waals surface area contributed by atoms with Gasteiger partial charge in [-0.25, -0.2) is 0 Å². The molecular weight excluding hydrogens is 248 g/mol. The van der Waals surface area contributed by atoms with E-state index in [4.69, 9.17) is 10.5 Å². The van der Waals surface area contributed by atoms with Crippen LogP contribution in [0.3, 0.4) is 0 Å². The zero-order chi connectivity index (χ0) is 14.8. The molecule has 2 aliphatic rings. The van der Waals surface area contributed by atoms with E-state index in [-0.39, 0.29) is 5.54 Å². The maximum absolute atomic E-state index is 6.28. The van der Waals surface area contributed by atoms with Gasteiger partial charge < -0.3 is 10.5 Å². The first kappa shape index (κ1) is 16.3. The Hall–Kier alpha value is -0.120. The van der Waals surface area contributed by atoms with Gasteiger partial charge in [0.25, 0.3) is 0 Å². The van der Waals surface area contributed by atoms with Crippen LogP contribution < -0.4 is 5.73 Å². The van der Waals surface area contributed by atoms with Crippen LogP contribution in [0.4, 0.5) is 0 Å². The Bertz CT molecular complexity index is 316. The average molecular weight is 282 g/mol. The van der Waals surface area contributed by atoms with E-state index in [0.29, 0.717) is 17.4 Å². The minimum Gasteiger partial charge on any atom is -0.377 e. The van der Waals surface area contributed by atoms with Gasteiger partial charge in [0, 0.05) is 25.2 Å². The second-order valence-electron chi connectivity index (χ2n) is 7.74. The van der Waals surface area contributed by atoms with E-state index < -0.39 is 0 Å². The average Bonchev–Trinajstić information content (AvgIpc) is 2.39. The summed E-state index contributed by atoms with van der Waals surface area (Å²) in [5.74, 6) is 0.677. The van der Waals surface area contributed by atoms with Crippen molar-refractivity contribution < 1.29 is 4.74 Å². The van der Waals surface area contributed by atoms with Gasteiger partial charge in [-0.1, -0.05) is 20.8 Å². The van der Waals surface area contributed by atoms with Crippen molar-refractivity contribution in [2.75, 3.05) is 26.2 Å². The van der Waals surface area contributed by atoms with Crippen molar-refractivity contribution in [3.05, 3.63) is 0 Å². The van der Waals surface area contributed by atoms with Gasteiger partial charge in [-0.15, -0.1) is 0 Å². The molecule has 20 heavy (non-hydrogen) atoms. The van der Waals surface area contributed by atoms with Crippen molar-refractivity contribution in [2.24, 2.45) is 17.1 Å². The number of hydrogen-bond donors (Lipinski definition) is 1. The summed E-state index contributed by atoms with van der Waals surface area (Å²) in [6, 6.07) is 0. The highest BCUT2D eigenvalue weighted by Gasteiger charge is 2.47. The van der Waals surface area contributed by atoms with Gasteiger partial charge in [0.15, 0.2) is 0 Å². The third-order valence-corrected chi connectivity index (χ3v) is 5.77. The largest absolute Gasteiger partial charge is 0.377 e. The zero-order valence-corrected chi connectivity index (χ0v) is 14.0. The Labute approximate surface area is 125 Å². The molecule has 0 aromatic rings. The SMILES string of the molecule is CCOC1CCCN(C2(CN)CCC(C)(C)CC2C)C1. The summed E-state index contributed by atoms with van der Waals surface area (Å²) in [5.41, 5.74) is 6.98. The van der Waals surface area contributed by atoms with Gasteiger partial charge in [-0.05, 0) is 56.9 Å². The summed E-state index contributed by atoms with van der Waals surface area (Å²) in [6.45, 7) is 13.2. The maximum Gasteiger partial charge on any atom is 0.0702 e. The minimum absolute atomic E-state index is 0.214. The van der Waals surface area contributed by atoms with Crippen LogP contribution in [0.1, 0.15) is 59.8 Å². The lowest BCUT2D eigenvalue weighted by molar-refractivity contribution is -0.0755. The molecule has 1 saturated carbocycles. The number of ether oxygens (including phenoxy) is 1. The second kappa shape index (κ2) is 6.33. The molecule has 0 spiro atoms. The van der Waals surface area contributed by atoms with Gasteiger partial charge in [0.2, 0.25) is 0 Å². The molecule has 3 atom stereocenters. The molecule has 118 valence electrons. The van der Waals surface area contributed by atoms with Crippen LogP contribution in [0, 0.1) is 11.3 Å². The van der Waals surface area contributed by atoms with Gasteiger partial charge in [0.1, 0.15) is 0 Å². The summed E-state index contributed by atoms with van der Waals surface area (Å²) in [7, 11) is 0. The van der Waals surface area contributed by atoms with E-state index in [9.17, 15) is 0 Å². The molecular formula is C17H34N2O. The second-order valence-corrected chi connectivity index (χ2v) is 7.74. The first-order valence-electron chi connectivity index (χ1n) is 8.50. The predicted molar refractivity (Wildman–Crippen MR) is 84.8 cm³/mol.